The van der Waals surface area contributed by atoms with Crippen molar-refractivity contribution in [1.82, 2.24) is 15.1 Å². The summed E-state index contributed by atoms with van der Waals surface area (Å²) in [5.41, 5.74) is 0.249. The van der Waals surface area contributed by atoms with Crippen LogP contribution in [0.2, 0.25) is 0 Å². The van der Waals surface area contributed by atoms with Crippen molar-refractivity contribution in [2.24, 2.45) is 0 Å². The highest BCUT2D eigenvalue weighted by molar-refractivity contribution is 5.91. The van der Waals surface area contributed by atoms with Gasteiger partial charge in [0.2, 0.25) is 6.41 Å². The fourth-order valence-corrected chi connectivity index (χ4v) is 1.36. The molecule has 0 saturated carbocycles. The maximum atomic E-state index is 13.3. The monoisotopic (exact) mass is 265 g/mol. The van der Waals surface area contributed by atoms with Crippen LogP contribution in [0.4, 0.5) is 4.39 Å². The maximum Gasteiger partial charge on any atom is 0.207 e. The van der Waals surface area contributed by atoms with Gasteiger partial charge in [-0.2, -0.15) is 5.10 Å². The number of hydrogen-bond acceptors (Lipinski definition) is 3. The minimum absolute atomic E-state index is 0.198. The molecule has 0 aliphatic carbocycles. The first-order chi connectivity index (χ1) is 9.13. The molecule has 1 amide bonds. The fraction of sp³-hybridized carbons (Fsp3) is 0.308. The van der Waals surface area contributed by atoms with E-state index in [1.807, 2.05) is 0 Å². The number of carbonyl (C=O) groups excluding carboxylic acids is 2. The number of hydrogen-bond donors (Lipinski definition) is 1. The molecule has 1 rings (SSSR count). The summed E-state index contributed by atoms with van der Waals surface area (Å²) in [7, 11) is 0. The SMILES string of the molecule is CC(=O)c1cccc(F)ccn(CCCNC=O)n1. The van der Waals surface area contributed by atoms with Crippen molar-refractivity contribution in [3.8, 4) is 0 Å². The summed E-state index contributed by atoms with van der Waals surface area (Å²) in [4.78, 5) is 21.5. The summed E-state index contributed by atoms with van der Waals surface area (Å²) in [5, 5.41) is 6.66. The van der Waals surface area contributed by atoms with Crippen LogP contribution in [0.15, 0.2) is 30.5 Å². The second kappa shape index (κ2) is 7.97. The summed E-state index contributed by atoms with van der Waals surface area (Å²) in [6, 6.07) is 5.43. The molecule has 1 aromatic heterocycles. The van der Waals surface area contributed by atoms with Gasteiger partial charge in [-0.25, -0.2) is 4.39 Å². The Bertz CT molecular complexity index is 499. The molecule has 1 aromatic rings. The van der Waals surface area contributed by atoms with Crippen molar-refractivity contribution in [3.05, 3.63) is 42.0 Å². The molecule has 6 heteroatoms. The fourth-order valence-electron chi connectivity index (χ4n) is 1.36. The van der Waals surface area contributed by atoms with Gasteiger partial charge in [-0.05, 0) is 24.6 Å². The molecular formula is C13H16FN3O2. The van der Waals surface area contributed by atoms with Gasteiger partial charge in [0.25, 0.3) is 0 Å². The summed E-state index contributed by atoms with van der Waals surface area (Å²) in [6.07, 6.45) is 2.71. The van der Waals surface area contributed by atoms with E-state index in [9.17, 15) is 14.0 Å². The lowest BCUT2D eigenvalue weighted by molar-refractivity contribution is -0.109. The highest BCUT2D eigenvalue weighted by Crippen LogP contribution is 1.97. The van der Waals surface area contributed by atoms with E-state index in [0.717, 1.165) is 0 Å². The average Bonchev–Trinajstić information content (AvgIpc) is 2.46. The first-order valence-electron chi connectivity index (χ1n) is 5.89. The van der Waals surface area contributed by atoms with Crippen LogP contribution >= 0.6 is 0 Å². The van der Waals surface area contributed by atoms with Gasteiger partial charge in [0, 0.05) is 26.2 Å². The molecule has 5 nitrogen and oxygen atoms in total. The molecule has 0 unspecified atom stereocenters. The Labute approximate surface area is 110 Å². The first kappa shape index (κ1) is 14.8. The molecule has 1 heterocycles. The van der Waals surface area contributed by atoms with E-state index in [2.05, 4.69) is 10.4 Å². The van der Waals surface area contributed by atoms with E-state index in [1.54, 1.807) is 0 Å². The number of ketones is 1. The molecule has 19 heavy (non-hydrogen) atoms. The first-order valence-corrected chi connectivity index (χ1v) is 5.89. The number of aromatic nitrogens is 2. The van der Waals surface area contributed by atoms with Gasteiger partial charge >= 0.3 is 0 Å². The van der Waals surface area contributed by atoms with Gasteiger partial charge in [0.05, 0.1) is 0 Å². The van der Waals surface area contributed by atoms with E-state index in [0.29, 0.717) is 25.9 Å². The average molecular weight is 265 g/mol. The topological polar surface area (TPSA) is 64.0 Å². The Kier molecular flexibility index (Phi) is 6.21. The molecule has 0 fully saturated rings. The van der Waals surface area contributed by atoms with Crippen LogP contribution < -0.4 is 5.32 Å². The smallest absolute Gasteiger partial charge is 0.207 e. The summed E-state index contributed by atoms with van der Waals surface area (Å²) >= 11 is 0. The second-order valence-corrected chi connectivity index (χ2v) is 3.86. The van der Waals surface area contributed by atoms with Crippen molar-refractivity contribution < 1.29 is 14.0 Å². The van der Waals surface area contributed by atoms with Crippen LogP contribution in [0.25, 0.3) is 0 Å². The van der Waals surface area contributed by atoms with E-state index in [-0.39, 0.29) is 11.5 Å². The van der Waals surface area contributed by atoms with Crippen LogP contribution in [0, 0.1) is 5.82 Å². The van der Waals surface area contributed by atoms with Crippen LogP contribution in [0.5, 0.6) is 0 Å². The van der Waals surface area contributed by atoms with Crippen molar-refractivity contribution >= 4 is 12.2 Å². The van der Waals surface area contributed by atoms with Crippen molar-refractivity contribution in [3.63, 3.8) is 0 Å². The minimum atomic E-state index is -0.424. The molecule has 0 spiro atoms. The lowest BCUT2D eigenvalue weighted by Crippen LogP contribution is -2.15. The molecule has 0 aromatic carbocycles. The summed E-state index contributed by atoms with van der Waals surface area (Å²) in [6.45, 7) is 2.36. The van der Waals surface area contributed by atoms with Gasteiger partial charge in [0.1, 0.15) is 11.5 Å². The number of halogens is 1. The van der Waals surface area contributed by atoms with E-state index in [4.69, 9.17) is 0 Å². The second-order valence-electron chi connectivity index (χ2n) is 3.86. The largest absolute Gasteiger partial charge is 0.359 e. The summed E-state index contributed by atoms with van der Waals surface area (Å²) < 4.78 is 14.7. The lowest BCUT2D eigenvalue weighted by Gasteiger charge is -2.03. The van der Waals surface area contributed by atoms with E-state index in [1.165, 1.54) is 42.1 Å². The molecule has 1 N–H and O–H groups in total. The summed E-state index contributed by atoms with van der Waals surface area (Å²) in [5.74, 6) is -0.622. The van der Waals surface area contributed by atoms with Crippen LogP contribution in [0.1, 0.15) is 23.8 Å². The highest BCUT2D eigenvalue weighted by Gasteiger charge is 1.99. The molecule has 0 radical (unpaired) electrons. The van der Waals surface area contributed by atoms with Gasteiger partial charge in [-0.15, -0.1) is 0 Å². The van der Waals surface area contributed by atoms with Crippen molar-refractivity contribution in [2.75, 3.05) is 6.54 Å². The predicted molar refractivity (Wildman–Crippen MR) is 68.5 cm³/mol. The Balaban J connectivity index is 3.00. The third-order valence-corrected chi connectivity index (χ3v) is 2.30. The number of carbonyl (C=O) groups is 2. The van der Waals surface area contributed by atoms with Gasteiger partial charge < -0.3 is 5.32 Å². The number of amides is 1. The molecule has 102 valence electrons. The zero-order valence-corrected chi connectivity index (χ0v) is 10.7. The number of nitrogens with zero attached hydrogens (tertiary/aromatic N) is 2. The third kappa shape index (κ3) is 5.76. The highest BCUT2D eigenvalue weighted by atomic mass is 19.1. The lowest BCUT2D eigenvalue weighted by atomic mass is 10.3. The zero-order valence-electron chi connectivity index (χ0n) is 10.7. The van der Waals surface area contributed by atoms with E-state index < -0.39 is 5.82 Å². The quantitative estimate of drug-likeness (QED) is 0.481. The molecule has 0 atom stereocenters. The number of nitrogens with one attached hydrogen (secondary N) is 1. The molecule has 0 saturated heterocycles. The van der Waals surface area contributed by atoms with Crippen LogP contribution in [-0.4, -0.2) is 28.5 Å². The van der Waals surface area contributed by atoms with Crippen molar-refractivity contribution in [2.45, 2.75) is 19.9 Å². The standard InChI is InChI=1S/C13H16FN3O2/c1-11(19)13-5-2-4-12(14)6-9-17(16-13)8-3-7-15-10-18/h2,4-6,9-10H,3,7-8H2,1H3,(H,15,18). The molecule has 0 aliphatic rings. The third-order valence-electron chi connectivity index (χ3n) is 2.30. The molecular weight excluding hydrogens is 249 g/mol. The Morgan fingerprint density at radius 2 is 2.26 bits per heavy atom. The molecule has 0 bridgehead atoms. The van der Waals surface area contributed by atoms with Crippen LogP contribution in [-0.2, 0) is 11.3 Å². The Hall–Kier alpha value is -2.24. The van der Waals surface area contributed by atoms with Gasteiger partial charge in [-0.3, -0.25) is 14.3 Å². The minimum Gasteiger partial charge on any atom is -0.359 e. The van der Waals surface area contributed by atoms with Gasteiger partial charge in [0.15, 0.2) is 5.78 Å². The van der Waals surface area contributed by atoms with Crippen LogP contribution in [0.3, 0.4) is 0 Å². The maximum absolute atomic E-state index is 13.3. The number of rotatable bonds is 6. The number of aryl methyl sites for hydroxylation is 1. The van der Waals surface area contributed by atoms with Gasteiger partial charge in [-0.1, -0.05) is 6.07 Å². The van der Waals surface area contributed by atoms with E-state index >= 15 is 0 Å². The predicted octanol–water partition coefficient (Wildman–Crippen LogP) is 1.49. The zero-order chi connectivity index (χ0) is 14.1. The molecule has 0 aliphatic heterocycles. The van der Waals surface area contributed by atoms with Crippen molar-refractivity contribution in [1.29, 1.82) is 0 Å². The Morgan fingerprint density at radius 3 is 2.95 bits per heavy atom. The Morgan fingerprint density at radius 1 is 1.47 bits per heavy atom. The normalized spacial score (nSPS) is 9.58. The number of Topliss-reactive ketones (excluding diaryl/α,β-unsaturated/α-hetero) is 1.